The van der Waals surface area contributed by atoms with Gasteiger partial charge in [-0.3, -0.25) is 0 Å². The van der Waals surface area contributed by atoms with Gasteiger partial charge in [0.2, 0.25) is 0 Å². The van der Waals surface area contributed by atoms with Gasteiger partial charge in [-0.2, -0.15) is 0 Å². The lowest BCUT2D eigenvalue weighted by molar-refractivity contribution is 0.249. The van der Waals surface area contributed by atoms with Gasteiger partial charge in [-0.05, 0) is 50.6 Å². The lowest BCUT2D eigenvalue weighted by atomic mass is 10.1. The van der Waals surface area contributed by atoms with Crippen LogP contribution in [0.15, 0.2) is 42.7 Å². The molecule has 2 amide bonds. The molecule has 0 radical (unpaired) electrons. The van der Waals surface area contributed by atoms with Crippen LogP contribution in [0.3, 0.4) is 0 Å². The fraction of sp³-hybridized carbons (Fsp3) is 0.211. The quantitative estimate of drug-likeness (QED) is 0.637. The highest BCUT2D eigenvalue weighted by atomic mass is 32.1. The third-order valence-corrected chi connectivity index (χ3v) is 5.44. The Balaban J connectivity index is 1.81. The summed E-state index contributed by atoms with van der Waals surface area (Å²) in [5.74, 6) is -1.31. The fourth-order valence-corrected chi connectivity index (χ4v) is 4.04. The van der Waals surface area contributed by atoms with Gasteiger partial charge >= 0.3 is 6.03 Å². The first-order valence-electron chi connectivity index (χ1n) is 8.12. The molecule has 2 heterocycles. The second-order valence-corrected chi connectivity index (χ2v) is 7.24. The van der Waals surface area contributed by atoms with Crippen LogP contribution >= 0.6 is 11.3 Å². The zero-order chi connectivity index (χ0) is 18.8. The Hall–Kier alpha value is -2.67. The standard InChI is InChI=1S/C19H19F2N3OS/c1-11-13(3)26-18(24-8-4-5-9-24)17(11)12(2)22-19(25)23-16-10-14(20)6-7-15(16)21/h4-10,12H,1-3H3,(H2,22,23,25)/t12-/m0/s1. The average Bonchev–Trinajstić information content (AvgIpc) is 3.20. The predicted molar refractivity (Wildman–Crippen MR) is 100 cm³/mol. The van der Waals surface area contributed by atoms with Crippen LogP contribution in [0.5, 0.6) is 0 Å². The van der Waals surface area contributed by atoms with E-state index in [2.05, 4.69) is 10.6 Å². The van der Waals surface area contributed by atoms with Crippen LogP contribution in [0, 0.1) is 25.5 Å². The molecule has 0 bridgehead atoms. The maximum Gasteiger partial charge on any atom is 0.319 e. The van der Waals surface area contributed by atoms with Gasteiger partial charge in [0.1, 0.15) is 16.6 Å². The Kier molecular flexibility index (Phi) is 5.08. The monoisotopic (exact) mass is 375 g/mol. The van der Waals surface area contributed by atoms with Crippen LogP contribution in [-0.2, 0) is 0 Å². The van der Waals surface area contributed by atoms with Crippen LogP contribution in [-0.4, -0.2) is 10.6 Å². The maximum atomic E-state index is 13.7. The number of halogens is 2. The van der Waals surface area contributed by atoms with Crippen molar-refractivity contribution in [2.45, 2.75) is 26.8 Å². The average molecular weight is 375 g/mol. The summed E-state index contributed by atoms with van der Waals surface area (Å²) >= 11 is 1.64. The molecule has 2 N–H and O–H groups in total. The molecule has 0 spiro atoms. The topological polar surface area (TPSA) is 46.1 Å². The molecule has 0 aliphatic carbocycles. The molecular weight excluding hydrogens is 356 g/mol. The minimum atomic E-state index is -0.690. The van der Waals surface area contributed by atoms with Crippen LogP contribution in [0.4, 0.5) is 19.3 Å². The number of nitrogens with one attached hydrogen (secondary N) is 2. The highest BCUT2D eigenvalue weighted by Gasteiger charge is 2.21. The molecule has 2 aromatic heterocycles. The second kappa shape index (κ2) is 7.29. The molecule has 136 valence electrons. The van der Waals surface area contributed by atoms with Crippen molar-refractivity contribution in [2.75, 3.05) is 5.32 Å². The predicted octanol–water partition coefficient (Wildman–Crippen LogP) is 5.32. The number of aryl methyl sites for hydroxylation is 1. The summed E-state index contributed by atoms with van der Waals surface area (Å²) in [6, 6.07) is 5.90. The molecule has 0 saturated heterocycles. The smallest absolute Gasteiger partial charge is 0.319 e. The normalized spacial score (nSPS) is 12.0. The van der Waals surface area contributed by atoms with Gasteiger partial charge in [0.15, 0.2) is 0 Å². The van der Waals surface area contributed by atoms with Gasteiger partial charge in [-0.1, -0.05) is 0 Å². The van der Waals surface area contributed by atoms with Gasteiger partial charge in [-0.25, -0.2) is 13.6 Å². The summed E-state index contributed by atoms with van der Waals surface area (Å²) in [7, 11) is 0. The number of anilines is 1. The van der Waals surface area contributed by atoms with Crippen molar-refractivity contribution in [1.82, 2.24) is 9.88 Å². The van der Waals surface area contributed by atoms with Gasteiger partial charge in [-0.15, -0.1) is 11.3 Å². The second-order valence-electron chi connectivity index (χ2n) is 6.04. The number of benzene rings is 1. The molecule has 26 heavy (non-hydrogen) atoms. The summed E-state index contributed by atoms with van der Waals surface area (Å²) in [5, 5.41) is 6.19. The Morgan fingerprint density at radius 1 is 1.19 bits per heavy atom. The first kappa shape index (κ1) is 18.1. The number of nitrogens with zero attached hydrogens (tertiary/aromatic N) is 1. The number of thiophene rings is 1. The van der Waals surface area contributed by atoms with Crippen molar-refractivity contribution < 1.29 is 13.6 Å². The van der Waals surface area contributed by atoms with E-state index in [1.54, 1.807) is 11.3 Å². The number of amides is 2. The van der Waals surface area contributed by atoms with E-state index < -0.39 is 17.7 Å². The van der Waals surface area contributed by atoms with Crippen LogP contribution in [0.1, 0.15) is 29.0 Å². The number of carbonyl (C=O) groups excluding carboxylic acids is 1. The van der Waals surface area contributed by atoms with Gasteiger partial charge in [0.05, 0.1) is 11.7 Å². The number of carbonyl (C=O) groups is 1. The number of rotatable bonds is 4. The van der Waals surface area contributed by atoms with Gasteiger partial charge in [0.25, 0.3) is 0 Å². The molecule has 0 unspecified atom stereocenters. The molecule has 0 saturated carbocycles. The summed E-state index contributed by atoms with van der Waals surface area (Å²) in [6.07, 6.45) is 3.90. The zero-order valence-electron chi connectivity index (χ0n) is 14.6. The van der Waals surface area contributed by atoms with Crippen molar-refractivity contribution in [2.24, 2.45) is 0 Å². The van der Waals surface area contributed by atoms with E-state index in [0.717, 1.165) is 39.2 Å². The molecule has 7 heteroatoms. The first-order valence-corrected chi connectivity index (χ1v) is 8.94. The van der Waals surface area contributed by atoms with Crippen molar-refractivity contribution >= 4 is 23.1 Å². The SMILES string of the molecule is Cc1sc(-n2cccc2)c([C@H](C)NC(=O)Nc2cc(F)ccc2F)c1C. The molecule has 3 rings (SSSR count). The van der Waals surface area contributed by atoms with Crippen molar-refractivity contribution in [1.29, 1.82) is 0 Å². The molecule has 0 aliphatic heterocycles. The molecular formula is C19H19F2N3OS. The number of hydrogen-bond acceptors (Lipinski definition) is 2. The summed E-state index contributed by atoms with van der Waals surface area (Å²) in [4.78, 5) is 13.4. The molecule has 0 aliphatic rings. The van der Waals surface area contributed by atoms with Crippen LogP contribution in [0.2, 0.25) is 0 Å². The largest absolute Gasteiger partial charge is 0.331 e. The number of aromatic nitrogens is 1. The van der Waals surface area contributed by atoms with E-state index >= 15 is 0 Å². The third-order valence-electron chi connectivity index (χ3n) is 4.21. The van der Waals surface area contributed by atoms with E-state index in [-0.39, 0.29) is 11.7 Å². The zero-order valence-corrected chi connectivity index (χ0v) is 15.5. The Morgan fingerprint density at radius 2 is 1.88 bits per heavy atom. The summed E-state index contributed by atoms with van der Waals surface area (Å²) in [5.41, 5.74) is 1.90. The van der Waals surface area contributed by atoms with E-state index in [1.165, 1.54) is 0 Å². The Bertz CT molecular complexity index is 935. The van der Waals surface area contributed by atoms with Crippen LogP contribution in [0.25, 0.3) is 5.00 Å². The lowest BCUT2D eigenvalue weighted by Crippen LogP contribution is -2.32. The minimum absolute atomic E-state index is 0.196. The third kappa shape index (κ3) is 3.62. The van der Waals surface area contributed by atoms with Crippen molar-refractivity contribution in [3.63, 3.8) is 0 Å². The van der Waals surface area contributed by atoms with Gasteiger partial charge < -0.3 is 15.2 Å². The van der Waals surface area contributed by atoms with E-state index in [1.807, 2.05) is 49.9 Å². The van der Waals surface area contributed by atoms with Crippen LogP contribution < -0.4 is 10.6 Å². The van der Waals surface area contributed by atoms with Crippen molar-refractivity contribution in [3.05, 3.63) is 70.4 Å². The maximum absolute atomic E-state index is 13.7. The van der Waals surface area contributed by atoms with E-state index in [4.69, 9.17) is 0 Å². The minimum Gasteiger partial charge on any atom is -0.331 e. The molecule has 1 atom stereocenters. The highest BCUT2D eigenvalue weighted by Crippen LogP contribution is 2.35. The van der Waals surface area contributed by atoms with E-state index in [9.17, 15) is 13.6 Å². The summed E-state index contributed by atoms with van der Waals surface area (Å²) < 4.78 is 29.0. The first-order chi connectivity index (χ1) is 12.4. The number of hydrogen-bond donors (Lipinski definition) is 2. The summed E-state index contributed by atoms with van der Waals surface area (Å²) in [6.45, 7) is 5.91. The highest BCUT2D eigenvalue weighted by molar-refractivity contribution is 7.14. The molecule has 4 nitrogen and oxygen atoms in total. The van der Waals surface area contributed by atoms with Gasteiger partial charge in [0, 0.05) is 28.9 Å². The molecule has 0 fully saturated rings. The Morgan fingerprint density at radius 3 is 2.58 bits per heavy atom. The van der Waals surface area contributed by atoms with E-state index in [0.29, 0.717) is 0 Å². The lowest BCUT2D eigenvalue weighted by Gasteiger charge is -2.17. The number of urea groups is 1. The Labute approximate surface area is 154 Å². The molecule has 3 aromatic rings. The molecule has 1 aromatic carbocycles. The fourth-order valence-electron chi connectivity index (χ4n) is 2.82. The van der Waals surface area contributed by atoms with Crippen molar-refractivity contribution in [3.8, 4) is 5.00 Å².